The maximum atomic E-state index is 11.7. The fourth-order valence-electron chi connectivity index (χ4n) is 2.81. The minimum absolute atomic E-state index is 0.290. The molecule has 1 unspecified atom stereocenters. The monoisotopic (exact) mass is 282 g/mol. The lowest BCUT2D eigenvalue weighted by Crippen LogP contribution is -2.32. The maximum Gasteiger partial charge on any atom is 0.179 e. The molecule has 5 heteroatoms. The molecule has 0 aromatic carbocycles. The van der Waals surface area contributed by atoms with Crippen LogP contribution >= 0.6 is 0 Å². The van der Waals surface area contributed by atoms with Gasteiger partial charge in [0.05, 0.1) is 0 Å². The Bertz CT molecular complexity index is 552. The van der Waals surface area contributed by atoms with Crippen LogP contribution < -0.4 is 5.32 Å². The van der Waals surface area contributed by atoms with Crippen LogP contribution in [0, 0.1) is 5.41 Å². The molecule has 0 saturated heterocycles. The van der Waals surface area contributed by atoms with Gasteiger partial charge in [0.15, 0.2) is 9.84 Å². The first-order valence-electron chi connectivity index (χ1n) is 6.70. The molecule has 0 radical (unpaired) electrons. The van der Waals surface area contributed by atoms with E-state index in [1.54, 1.807) is 18.3 Å². The molecule has 1 N–H and O–H groups in total. The summed E-state index contributed by atoms with van der Waals surface area (Å²) in [5.41, 5.74) is 0.315. The van der Waals surface area contributed by atoms with Gasteiger partial charge in [-0.05, 0) is 36.8 Å². The van der Waals surface area contributed by atoms with Crippen molar-refractivity contribution in [2.75, 3.05) is 11.6 Å². The molecule has 0 aliphatic heterocycles. The van der Waals surface area contributed by atoms with Gasteiger partial charge in [0, 0.05) is 18.5 Å². The lowest BCUT2D eigenvalue weighted by molar-refractivity contribution is 0.229. The first-order valence-corrected chi connectivity index (χ1v) is 8.59. The van der Waals surface area contributed by atoms with E-state index in [2.05, 4.69) is 24.1 Å². The number of pyridine rings is 1. The van der Waals surface area contributed by atoms with Crippen LogP contribution in [0.15, 0.2) is 23.2 Å². The molecular formula is C14H22N2O2S. The van der Waals surface area contributed by atoms with Crippen molar-refractivity contribution in [1.29, 1.82) is 0 Å². The van der Waals surface area contributed by atoms with Gasteiger partial charge in [-0.15, -0.1) is 0 Å². The summed E-state index contributed by atoms with van der Waals surface area (Å²) in [6, 6.07) is 3.57. The number of rotatable bonds is 3. The van der Waals surface area contributed by atoms with Crippen molar-refractivity contribution >= 4 is 15.7 Å². The van der Waals surface area contributed by atoms with Crippen LogP contribution in [0.4, 0.5) is 5.82 Å². The van der Waals surface area contributed by atoms with Crippen LogP contribution in [0.1, 0.15) is 39.5 Å². The van der Waals surface area contributed by atoms with E-state index in [-0.39, 0.29) is 0 Å². The zero-order valence-corrected chi connectivity index (χ0v) is 12.6. The van der Waals surface area contributed by atoms with Gasteiger partial charge < -0.3 is 5.32 Å². The molecule has 1 aliphatic rings. The highest BCUT2D eigenvalue weighted by atomic mass is 32.2. The standard InChI is InChI=1S/C14H22N2O2S/c1-14(2)8-4-6-11(10-14)16-13-12(19(3,17)18)7-5-9-15-13/h5,7,9,11H,4,6,8,10H2,1-3H3,(H,15,16). The van der Waals surface area contributed by atoms with Gasteiger partial charge in [0.2, 0.25) is 0 Å². The van der Waals surface area contributed by atoms with E-state index in [1.807, 2.05) is 0 Å². The molecule has 1 fully saturated rings. The number of aromatic nitrogens is 1. The van der Waals surface area contributed by atoms with Crippen molar-refractivity contribution in [3.63, 3.8) is 0 Å². The Morgan fingerprint density at radius 1 is 1.42 bits per heavy atom. The van der Waals surface area contributed by atoms with Crippen molar-refractivity contribution < 1.29 is 8.42 Å². The van der Waals surface area contributed by atoms with E-state index in [0.717, 1.165) is 12.8 Å². The molecule has 1 aromatic rings. The fourth-order valence-corrected chi connectivity index (χ4v) is 3.60. The molecule has 0 bridgehead atoms. The molecule has 0 amide bonds. The third kappa shape index (κ3) is 3.69. The molecule has 0 spiro atoms. The Morgan fingerprint density at radius 3 is 2.79 bits per heavy atom. The number of nitrogens with one attached hydrogen (secondary N) is 1. The summed E-state index contributed by atoms with van der Waals surface area (Å²) in [6.45, 7) is 4.52. The molecular weight excluding hydrogens is 260 g/mol. The van der Waals surface area contributed by atoms with Crippen LogP contribution in [0.3, 0.4) is 0 Å². The second kappa shape index (κ2) is 5.12. The summed E-state index contributed by atoms with van der Waals surface area (Å²) in [7, 11) is -3.24. The maximum absolute atomic E-state index is 11.7. The van der Waals surface area contributed by atoms with Gasteiger partial charge in [0.25, 0.3) is 0 Å². The zero-order valence-electron chi connectivity index (χ0n) is 11.8. The summed E-state index contributed by atoms with van der Waals surface area (Å²) < 4.78 is 23.5. The van der Waals surface area contributed by atoms with Crippen LogP contribution in [0.5, 0.6) is 0 Å². The summed E-state index contributed by atoms with van der Waals surface area (Å²) in [5, 5.41) is 3.32. The number of hydrogen-bond acceptors (Lipinski definition) is 4. The third-order valence-electron chi connectivity index (χ3n) is 3.72. The van der Waals surface area contributed by atoms with Crippen LogP contribution in [0.2, 0.25) is 0 Å². The van der Waals surface area contributed by atoms with Crippen molar-refractivity contribution in [3.05, 3.63) is 18.3 Å². The topological polar surface area (TPSA) is 59.1 Å². The summed E-state index contributed by atoms with van der Waals surface area (Å²) in [5.74, 6) is 0.493. The van der Waals surface area contributed by atoms with E-state index in [0.29, 0.717) is 22.2 Å². The predicted molar refractivity (Wildman–Crippen MR) is 77.0 cm³/mol. The smallest absolute Gasteiger partial charge is 0.179 e. The lowest BCUT2D eigenvalue weighted by atomic mass is 9.75. The summed E-state index contributed by atoms with van der Waals surface area (Å²) in [4.78, 5) is 4.49. The van der Waals surface area contributed by atoms with Crippen LogP contribution in [-0.4, -0.2) is 25.7 Å². The highest BCUT2D eigenvalue weighted by Crippen LogP contribution is 2.36. The fraction of sp³-hybridized carbons (Fsp3) is 0.643. The quantitative estimate of drug-likeness (QED) is 0.926. The summed E-state index contributed by atoms with van der Waals surface area (Å²) >= 11 is 0. The first-order chi connectivity index (χ1) is 8.78. The van der Waals surface area contributed by atoms with Gasteiger partial charge in [-0.1, -0.05) is 20.3 Å². The van der Waals surface area contributed by atoms with E-state index in [9.17, 15) is 8.42 Å². The molecule has 1 atom stereocenters. The first kappa shape index (κ1) is 14.3. The van der Waals surface area contributed by atoms with E-state index < -0.39 is 9.84 Å². The molecule has 1 aliphatic carbocycles. The number of hydrogen-bond donors (Lipinski definition) is 1. The summed E-state index contributed by atoms with van der Waals surface area (Å²) in [6.07, 6.45) is 7.37. The van der Waals surface area contributed by atoms with Gasteiger partial charge in [-0.2, -0.15) is 0 Å². The van der Waals surface area contributed by atoms with Gasteiger partial charge >= 0.3 is 0 Å². The average Bonchev–Trinajstić information content (AvgIpc) is 2.26. The Morgan fingerprint density at radius 2 is 2.16 bits per heavy atom. The van der Waals surface area contributed by atoms with E-state index >= 15 is 0 Å². The zero-order chi connectivity index (χ0) is 14.1. The van der Waals surface area contributed by atoms with Crippen molar-refractivity contribution in [2.24, 2.45) is 5.41 Å². The molecule has 1 saturated carbocycles. The average molecular weight is 282 g/mol. The van der Waals surface area contributed by atoms with Crippen molar-refractivity contribution in [3.8, 4) is 0 Å². The highest BCUT2D eigenvalue weighted by Gasteiger charge is 2.28. The Balaban J connectivity index is 2.20. The third-order valence-corrected chi connectivity index (χ3v) is 4.84. The Kier molecular flexibility index (Phi) is 3.85. The predicted octanol–water partition coefficient (Wildman–Crippen LogP) is 2.87. The second-order valence-corrected chi connectivity index (χ2v) is 8.21. The molecule has 19 heavy (non-hydrogen) atoms. The van der Waals surface area contributed by atoms with Crippen molar-refractivity contribution in [2.45, 2.75) is 50.5 Å². The number of anilines is 1. The second-order valence-electron chi connectivity index (χ2n) is 6.22. The largest absolute Gasteiger partial charge is 0.366 e. The highest BCUT2D eigenvalue weighted by molar-refractivity contribution is 7.90. The van der Waals surface area contributed by atoms with Gasteiger partial charge in [0.1, 0.15) is 10.7 Å². The number of nitrogens with zero attached hydrogens (tertiary/aromatic N) is 1. The molecule has 106 valence electrons. The number of sulfone groups is 1. The van der Waals surface area contributed by atoms with Gasteiger partial charge in [-0.25, -0.2) is 13.4 Å². The van der Waals surface area contributed by atoms with E-state index in [4.69, 9.17) is 0 Å². The minimum atomic E-state index is -3.24. The van der Waals surface area contributed by atoms with E-state index in [1.165, 1.54) is 19.1 Å². The van der Waals surface area contributed by atoms with Crippen LogP contribution in [-0.2, 0) is 9.84 Å². The Labute approximate surface area is 115 Å². The van der Waals surface area contributed by atoms with Crippen molar-refractivity contribution in [1.82, 2.24) is 4.98 Å². The molecule has 1 aromatic heterocycles. The SMILES string of the molecule is CC1(C)CCCC(Nc2ncccc2S(C)(=O)=O)C1. The molecule has 1 heterocycles. The minimum Gasteiger partial charge on any atom is -0.366 e. The Hall–Kier alpha value is -1.10. The molecule has 4 nitrogen and oxygen atoms in total. The normalized spacial score (nSPS) is 23.0. The van der Waals surface area contributed by atoms with Crippen LogP contribution in [0.25, 0.3) is 0 Å². The van der Waals surface area contributed by atoms with Gasteiger partial charge in [-0.3, -0.25) is 0 Å². The molecule has 2 rings (SSSR count). The lowest BCUT2D eigenvalue weighted by Gasteiger charge is -2.36.